The summed E-state index contributed by atoms with van der Waals surface area (Å²) in [6.45, 7) is 0. The number of amides is 1. The minimum absolute atomic E-state index is 0.137. The van der Waals surface area contributed by atoms with E-state index in [9.17, 15) is 9.18 Å². The minimum Gasteiger partial charge on any atom is -0.379 e. The van der Waals surface area contributed by atoms with Crippen molar-refractivity contribution in [1.29, 1.82) is 0 Å². The van der Waals surface area contributed by atoms with Crippen molar-refractivity contribution in [2.24, 2.45) is 16.6 Å². The van der Waals surface area contributed by atoms with E-state index in [1.807, 2.05) is 0 Å². The van der Waals surface area contributed by atoms with Gasteiger partial charge in [-0.15, -0.1) is 0 Å². The monoisotopic (exact) mass is 394 g/mol. The van der Waals surface area contributed by atoms with Crippen LogP contribution in [0.2, 0.25) is 0 Å². The first kappa shape index (κ1) is 19.0. The van der Waals surface area contributed by atoms with Gasteiger partial charge in [0.25, 0.3) is 5.91 Å². The summed E-state index contributed by atoms with van der Waals surface area (Å²) in [5.74, 6) is 0.294. The summed E-state index contributed by atoms with van der Waals surface area (Å²) in [7, 11) is 5.83. The summed E-state index contributed by atoms with van der Waals surface area (Å²) in [6, 6.07) is 7.86. The lowest BCUT2D eigenvalue weighted by Crippen LogP contribution is -2.43. The van der Waals surface area contributed by atoms with E-state index in [1.54, 1.807) is 18.2 Å². The van der Waals surface area contributed by atoms with Gasteiger partial charge >= 0.3 is 0 Å². The van der Waals surface area contributed by atoms with E-state index in [2.05, 4.69) is 10.3 Å². The smallest absolute Gasteiger partial charge is 0.273 e. The molecule has 28 heavy (non-hydrogen) atoms. The van der Waals surface area contributed by atoms with Gasteiger partial charge in [-0.05, 0) is 43.0 Å². The molecule has 0 bridgehead atoms. The Hall–Kier alpha value is -2.35. The molecule has 3 N–H and O–H groups in total. The molecule has 2 unspecified atom stereocenters. The van der Waals surface area contributed by atoms with Gasteiger partial charge in [0.2, 0.25) is 0 Å². The van der Waals surface area contributed by atoms with Crippen molar-refractivity contribution in [2.45, 2.75) is 31.2 Å². The van der Waals surface area contributed by atoms with Crippen LogP contribution in [0.4, 0.5) is 10.1 Å². The number of carbonyl (C=O) groups excluding carboxylic acids is 1. The van der Waals surface area contributed by atoms with Crippen LogP contribution in [0.25, 0.3) is 0 Å². The van der Waals surface area contributed by atoms with E-state index in [-0.39, 0.29) is 22.9 Å². The number of carbonyl (C=O) groups is 1. The van der Waals surface area contributed by atoms with Gasteiger partial charge in [-0.1, -0.05) is 36.1 Å². The number of nitrogens with zero attached hydrogens (tertiary/aromatic N) is 2. The van der Waals surface area contributed by atoms with E-state index in [0.29, 0.717) is 16.4 Å². The molecular formula is C20H20BFN4OS. The predicted molar refractivity (Wildman–Crippen MR) is 112 cm³/mol. The van der Waals surface area contributed by atoms with Crippen molar-refractivity contribution in [2.75, 3.05) is 11.1 Å². The number of anilines is 1. The fourth-order valence-electron chi connectivity index (χ4n) is 4.16. The Bertz CT molecular complexity index is 954. The standard InChI is InChI=1S/C20H20BFN4OS/c21-15-5-3-9-24-17(15)18(27)25-13-6-7-16(22)14(10-13)20-8-2-1-4-12(20)11-28-19(23)26-20/h3,5-7,9-10,12H,1-2,4,8,11H2,(H2,23,26)(H,25,27). The van der Waals surface area contributed by atoms with Crippen LogP contribution < -0.4 is 16.5 Å². The number of rotatable bonds is 3. The third kappa shape index (κ3) is 3.41. The second-order valence-corrected chi connectivity index (χ2v) is 8.26. The largest absolute Gasteiger partial charge is 0.379 e. The normalized spacial score (nSPS) is 24.2. The number of fused-ring (bicyclic) bond motifs is 1. The first-order valence-electron chi connectivity index (χ1n) is 9.29. The van der Waals surface area contributed by atoms with E-state index in [1.165, 1.54) is 30.1 Å². The number of nitrogens with two attached hydrogens (primary N) is 1. The van der Waals surface area contributed by atoms with Gasteiger partial charge < -0.3 is 11.1 Å². The van der Waals surface area contributed by atoms with Crippen LogP contribution in [0.1, 0.15) is 41.7 Å². The van der Waals surface area contributed by atoms with E-state index < -0.39 is 11.4 Å². The van der Waals surface area contributed by atoms with Crippen molar-refractivity contribution in [3.05, 3.63) is 53.6 Å². The zero-order valence-electron chi connectivity index (χ0n) is 15.3. The average molecular weight is 394 g/mol. The molecule has 2 atom stereocenters. The molecule has 1 aromatic heterocycles. The molecule has 1 fully saturated rings. The molecule has 2 aromatic rings. The summed E-state index contributed by atoms with van der Waals surface area (Å²) in [6.07, 6.45) is 5.33. The number of hydrogen-bond donors (Lipinski definition) is 2. The number of nitrogens with one attached hydrogen (secondary N) is 1. The second kappa shape index (κ2) is 7.58. The molecule has 1 amide bonds. The highest BCUT2D eigenvalue weighted by molar-refractivity contribution is 8.13. The molecule has 0 spiro atoms. The first-order valence-corrected chi connectivity index (χ1v) is 10.3. The topological polar surface area (TPSA) is 80.4 Å². The lowest BCUT2D eigenvalue weighted by atomic mass is 9.69. The number of benzene rings is 1. The lowest BCUT2D eigenvalue weighted by Gasteiger charge is -2.44. The Morgan fingerprint density at radius 1 is 1.36 bits per heavy atom. The SMILES string of the molecule is [B]c1cccnc1C(=O)Nc1ccc(F)c(C23CCCCC2CSC(N)=N3)c1. The van der Waals surface area contributed by atoms with Crippen LogP contribution >= 0.6 is 11.8 Å². The van der Waals surface area contributed by atoms with E-state index >= 15 is 0 Å². The fraction of sp³-hybridized carbons (Fsp3) is 0.350. The average Bonchev–Trinajstić information content (AvgIpc) is 2.69. The summed E-state index contributed by atoms with van der Waals surface area (Å²) in [5.41, 5.74) is 6.76. The van der Waals surface area contributed by atoms with Gasteiger partial charge in [-0.2, -0.15) is 0 Å². The van der Waals surface area contributed by atoms with Gasteiger partial charge in [0.15, 0.2) is 5.17 Å². The number of aromatic nitrogens is 1. The van der Waals surface area contributed by atoms with Crippen molar-refractivity contribution >= 4 is 41.8 Å². The Balaban J connectivity index is 1.70. The summed E-state index contributed by atoms with van der Waals surface area (Å²) in [4.78, 5) is 21.3. The zero-order chi connectivity index (χ0) is 19.7. The molecule has 1 aliphatic carbocycles. The van der Waals surface area contributed by atoms with Crippen LogP contribution in [0.5, 0.6) is 0 Å². The molecule has 2 radical (unpaired) electrons. The minimum atomic E-state index is -0.664. The van der Waals surface area contributed by atoms with Gasteiger partial charge in [0.05, 0.1) is 5.54 Å². The fourth-order valence-corrected chi connectivity index (χ4v) is 5.20. The van der Waals surface area contributed by atoms with Crippen LogP contribution in [0, 0.1) is 11.7 Å². The Kier molecular flexibility index (Phi) is 5.14. The van der Waals surface area contributed by atoms with Crippen LogP contribution in [-0.4, -0.2) is 29.7 Å². The summed E-state index contributed by atoms with van der Waals surface area (Å²) < 4.78 is 14.9. The highest BCUT2D eigenvalue weighted by atomic mass is 32.2. The molecule has 1 aliphatic heterocycles. The van der Waals surface area contributed by atoms with Crippen LogP contribution in [-0.2, 0) is 5.54 Å². The molecular weight excluding hydrogens is 374 g/mol. The zero-order valence-corrected chi connectivity index (χ0v) is 16.1. The molecule has 1 aromatic carbocycles. The summed E-state index contributed by atoms with van der Waals surface area (Å²) >= 11 is 1.53. The van der Waals surface area contributed by atoms with Crippen molar-refractivity contribution < 1.29 is 9.18 Å². The van der Waals surface area contributed by atoms with Crippen molar-refractivity contribution in [3.63, 3.8) is 0 Å². The summed E-state index contributed by atoms with van der Waals surface area (Å²) in [5, 5.41) is 3.27. The number of thioether (sulfide) groups is 1. The third-order valence-corrected chi connectivity index (χ3v) is 6.48. The second-order valence-electron chi connectivity index (χ2n) is 7.22. The van der Waals surface area contributed by atoms with Gasteiger partial charge in [0, 0.05) is 23.2 Å². The van der Waals surface area contributed by atoms with Crippen molar-refractivity contribution in [3.8, 4) is 0 Å². The molecule has 1 saturated carbocycles. The van der Waals surface area contributed by atoms with Gasteiger partial charge in [-0.25, -0.2) is 4.39 Å². The number of pyridine rings is 1. The Morgan fingerprint density at radius 2 is 2.21 bits per heavy atom. The van der Waals surface area contributed by atoms with Crippen molar-refractivity contribution in [1.82, 2.24) is 4.98 Å². The maximum absolute atomic E-state index is 14.9. The Morgan fingerprint density at radius 3 is 3.04 bits per heavy atom. The Labute approximate surface area is 168 Å². The van der Waals surface area contributed by atoms with E-state index in [0.717, 1.165) is 31.4 Å². The predicted octanol–water partition coefficient (Wildman–Crippen LogP) is 2.71. The van der Waals surface area contributed by atoms with Gasteiger partial charge in [-0.3, -0.25) is 14.8 Å². The highest BCUT2D eigenvalue weighted by Gasteiger charge is 2.46. The van der Waals surface area contributed by atoms with E-state index in [4.69, 9.17) is 18.6 Å². The molecule has 142 valence electrons. The van der Waals surface area contributed by atoms with Crippen LogP contribution in [0.15, 0.2) is 41.5 Å². The molecule has 2 aliphatic rings. The molecule has 2 heterocycles. The number of aliphatic imine (C=N–C) groups is 1. The van der Waals surface area contributed by atoms with Gasteiger partial charge in [0.1, 0.15) is 19.4 Å². The third-order valence-electron chi connectivity index (χ3n) is 5.52. The number of amidine groups is 1. The quantitative estimate of drug-likeness (QED) is 0.785. The maximum Gasteiger partial charge on any atom is 0.273 e. The molecule has 5 nitrogen and oxygen atoms in total. The number of halogens is 1. The molecule has 0 saturated heterocycles. The maximum atomic E-state index is 14.9. The molecule has 8 heteroatoms. The highest BCUT2D eigenvalue weighted by Crippen LogP contribution is 2.50. The molecule has 4 rings (SSSR count). The van der Waals surface area contributed by atoms with Crippen LogP contribution in [0.3, 0.4) is 0 Å². The lowest BCUT2D eigenvalue weighted by molar-refractivity contribution is 0.102. The number of hydrogen-bond acceptors (Lipinski definition) is 5. The first-order chi connectivity index (χ1) is 13.5.